The number of aryl methyl sites for hydroxylation is 1. The molecule has 0 bridgehead atoms. The molecule has 100 valence electrons. The molecular formula is C16H24O2. The van der Waals surface area contributed by atoms with Gasteiger partial charge in [0.2, 0.25) is 0 Å². The first-order valence-corrected chi connectivity index (χ1v) is 6.87. The van der Waals surface area contributed by atoms with Crippen molar-refractivity contribution in [3.63, 3.8) is 0 Å². The van der Waals surface area contributed by atoms with Crippen molar-refractivity contribution in [1.29, 1.82) is 0 Å². The number of epoxide rings is 1. The molecule has 1 heterocycles. The summed E-state index contributed by atoms with van der Waals surface area (Å²) in [5.41, 5.74) is 5.45. The maximum Gasteiger partial charge on any atom is 0.122 e. The van der Waals surface area contributed by atoms with Crippen LogP contribution in [0.4, 0.5) is 0 Å². The van der Waals surface area contributed by atoms with Gasteiger partial charge in [-0.2, -0.15) is 0 Å². The SMILES string of the molecule is CCC1OC1CCc1c(C)cc(OC)c(C)c1C. The Morgan fingerprint density at radius 1 is 1.17 bits per heavy atom. The van der Waals surface area contributed by atoms with Crippen LogP contribution in [0.5, 0.6) is 5.75 Å². The van der Waals surface area contributed by atoms with Gasteiger partial charge in [-0.05, 0) is 68.4 Å². The van der Waals surface area contributed by atoms with Crippen LogP contribution in [-0.4, -0.2) is 19.3 Å². The minimum Gasteiger partial charge on any atom is -0.496 e. The van der Waals surface area contributed by atoms with Crippen LogP contribution in [0.15, 0.2) is 6.07 Å². The summed E-state index contributed by atoms with van der Waals surface area (Å²) in [5.74, 6) is 1.00. The van der Waals surface area contributed by atoms with Gasteiger partial charge in [-0.1, -0.05) is 6.92 Å². The quantitative estimate of drug-likeness (QED) is 0.741. The Hall–Kier alpha value is -1.02. The minimum absolute atomic E-state index is 0.496. The third-order valence-electron chi connectivity index (χ3n) is 4.20. The smallest absolute Gasteiger partial charge is 0.122 e. The van der Waals surface area contributed by atoms with E-state index < -0.39 is 0 Å². The molecule has 0 spiro atoms. The molecule has 1 aliphatic heterocycles. The molecule has 0 radical (unpaired) electrons. The highest BCUT2D eigenvalue weighted by Crippen LogP contribution is 2.32. The van der Waals surface area contributed by atoms with Crippen molar-refractivity contribution in [1.82, 2.24) is 0 Å². The van der Waals surface area contributed by atoms with E-state index in [4.69, 9.17) is 9.47 Å². The van der Waals surface area contributed by atoms with Crippen molar-refractivity contribution in [2.45, 2.75) is 59.2 Å². The first-order chi connectivity index (χ1) is 8.58. The Bertz CT molecular complexity index is 437. The Balaban J connectivity index is 2.10. The summed E-state index contributed by atoms with van der Waals surface area (Å²) in [6, 6.07) is 2.16. The van der Waals surface area contributed by atoms with Crippen LogP contribution in [0.3, 0.4) is 0 Å². The zero-order valence-electron chi connectivity index (χ0n) is 12.2. The molecule has 2 unspecified atom stereocenters. The largest absolute Gasteiger partial charge is 0.496 e. The van der Waals surface area contributed by atoms with Crippen LogP contribution in [-0.2, 0) is 11.2 Å². The summed E-state index contributed by atoms with van der Waals surface area (Å²) in [7, 11) is 1.74. The molecule has 1 saturated heterocycles. The number of hydrogen-bond donors (Lipinski definition) is 0. The zero-order chi connectivity index (χ0) is 13.3. The monoisotopic (exact) mass is 248 g/mol. The van der Waals surface area contributed by atoms with E-state index in [1.54, 1.807) is 7.11 Å². The van der Waals surface area contributed by atoms with Gasteiger partial charge in [0.1, 0.15) is 5.75 Å². The van der Waals surface area contributed by atoms with Crippen LogP contribution in [0.1, 0.15) is 42.0 Å². The lowest BCUT2D eigenvalue weighted by molar-refractivity contribution is 0.359. The second-order valence-electron chi connectivity index (χ2n) is 5.28. The van der Waals surface area contributed by atoms with Crippen LogP contribution in [0.25, 0.3) is 0 Å². The molecule has 2 atom stereocenters. The maximum absolute atomic E-state index is 5.62. The molecule has 0 saturated carbocycles. The number of benzene rings is 1. The number of rotatable bonds is 5. The van der Waals surface area contributed by atoms with Gasteiger partial charge >= 0.3 is 0 Å². The van der Waals surface area contributed by atoms with E-state index in [0.717, 1.165) is 25.0 Å². The van der Waals surface area contributed by atoms with Gasteiger partial charge < -0.3 is 9.47 Å². The number of hydrogen-bond acceptors (Lipinski definition) is 2. The van der Waals surface area contributed by atoms with Crippen molar-refractivity contribution in [3.8, 4) is 5.75 Å². The number of ether oxygens (including phenoxy) is 2. The summed E-state index contributed by atoms with van der Waals surface area (Å²) < 4.78 is 11.0. The second kappa shape index (κ2) is 5.31. The third-order valence-corrected chi connectivity index (χ3v) is 4.20. The summed E-state index contributed by atoms with van der Waals surface area (Å²) in [6.45, 7) is 8.71. The van der Waals surface area contributed by atoms with Crippen LogP contribution in [0.2, 0.25) is 0 Å². The molecule has 1 fully saturated rings. The van der Waals surface area contributed by atoms with Crippen LogP contribution in [0, 0.1) is 20.8 Å². The standard InChI is InChI=1S/C16H24O2/c1-6-14-15(18-14)8-7-13-10(2)9-16(17-5)12(4)11(13)3/h9,14-15H,6-8H2,1-5H3. The lowest BCUT2D eigenvalue weighted by Crippen LogP contribution is -2.02. The maximum atomic E-state index is 5.62. The van der Waals surface area contributed by atoms with E-state index in [1.807, 2.05) is 0 Å². The predicted octanol–water partition coefficient (Wildman–Crippen LogP) is 3.73. The first kappa shape index (κ1) is 13.4. The van der Waals surface area contributed by atoms with Gasteiger partial charge in [-0.15, -0.1) is 0 Å². The summed E-state index contributed by atoms with van der Waals surface area (Å²) >= 11 is 0. The van der Waals surface area contributed by atoms with Gasteiger partial charge in [-0.25, -0.2) is 0 Å². The van der Waals surface area contributed by atoms with E-state index in [9.17, 15) is 0 Å². The molecule has 1 aromatic rings. The first-order valence-electron chi connectivity index (χ1n) is 6.87. The summed E-state index contributed by atoms with van der Waals surface area (Å²) in [6.07, 6.45) is 4.42. The molecule has 18 heavy (non-hydrogen) atoms. The van der Waals surface area contributed by atoms with Crippen molar-refractivity contribution in [2.75, 3.05) is 7.11 Å². The summed E-state index contributed by atoms with van der Waals surface area (Å²) in [4.78, 5) is 0. The fourth-order valence-corrected chi connectivity index (χ4v) is 2.77. The van der Waals surface area contributed by atoms with E-state index in [1.165, 1.54) is 22.3 Å². The normalized spacial score (nSPS) is 22.1. The number of methoxy groups -OCH3 is 1. The van der Waals surface area contributed by atoms with E-state index in [-0.39, 0.29) is 0 Å². The van der Waals surface area contributed by atoms with Gasteiger partial charge in [0.05, 0.1) is 19.3 Å². The second-order valence-corrected chi connectivity index (χ2v) is 5.28. The third kappa shape index (κ3) is 2.54. The lowest BCUT2D eigenvalue weighted by atomic mass is 9.93. The van der Waals surface area contributed by atoms with Crippen LogP contribution >= 0.6 is 0 Å². The highest BCUT2D eigenvalue weighted by molar-refractivity contribution is 5.48. The highest BCUT2D eigenvalue weighted by atomic mass is 16.6. The fourth-order valence-electron chi connectivity index (χ4n) is 2.77. The molecule has 2 heteroatoms. The van der Waals surface area contributed by atoms with E-state index in [2.05, 4.69) is 33.8 Å². The molecule has 0 aliphatic carbocycles. The average molecular weight is 248 g/mol. The average Bonchev–Trinajstić information content (AvgIpc) is 3.12. The van der Waals surface area contributed by atoms with Crippen molar-refractivity contribution < 1.29 is 9.47 Å². The zero-order valence-corrected chi connectivity index (χ0v) is 12.2. The Morgan fingerprint density at radius 3 is 2.44 bits per heavy atom. The molecule has 0 amide bonds. The minimum atomic E-state index is 0.496. The van der Waals surface area contributed by atoms with Crippen molar-refractivity contribution in [2.24, 2.45) is 0 Å². The highest BCUT2D eigenvalue weighted by Gasteiger charge is 2.36. The topological polar surface area (TPSA) is 21.8 Å². The Morgan fingerprint density at radius 2 is 1.89 bits per heavy atom. The molecule has 0 N–H and O–H groups in total. The molecule has 1 aromatic carbocycles. The fraction of sp³-hybridized carbons (Fsp3) is 0.625. The molecule has 1 aliphatic rings. The Labute approximate surface area is 110 Å². The Kier molecular flexibility index (Phi) is 3.96. The van der Waals surface area contributed by atoms with Gasteiger partial charge in [0, 0.05) is 0 Å². The van der Waals surface area contributed by atoms with E-state index >= 15 is 0 Å². The van der Waals surface area contributed by atoms with Crippen molar-refractivity contribution in [3.05, 3.63) is 28.3 Å². The molecule has 2 rings (SSSR count). The lowest BCUT2D eigenvalue weighted by Gasteiger charge is -2.15. The van der Waals surface area contributed by atoms with Crippen molar-refractivity contribution >= 4 is 0 Å². The van der Waals surface area contributed by atoms with E-state index in [0.29, 0.717) is 12.2 Å². The van der Waals surface area contributed by atoms with Gasteiger partial charge in [0.25, 0.3) is 0 Å². The van der Waals surface area contributed by atoms with Gasteiger partial charge in [-0.3, -0.25) is 0 Å². The molecule has 0 aromatic heterocycles. The summed E-state index contributed by atoms with van der Waals surface area (Å²) in [5, 5.41) is 0. The molecular weight excluding hydrogens is 224 g/mol. The van der Waals surface area contributed by atoms with Gasteiger partial charge in [0.15, 0.2) is 0 Å². The predicted molar refractivity (Wildman–Crippen MR) is 74.5 cm³/mol. The molecule has 2 nitrogen and oxygen atoms in total. The van der Waals surface area contributed by atoms with Crippen LogP contribution < -0.4 is 4.74 Å².